The lowest BCUT2D eigenvalue weighted by Crippen LogP contribution is -2.29. The minimum absolute atomic E-state index is 0.507. The van der Waals surface area contributed by atoms with Crippen LogP contribution in [0.25, 0.3) is 55.3 Å². The van der Waals surface area contributed by atoms with Gasteiger partial charge in [-0.15, -0.1) is 0 Å². The monoisotopic (exact) mass is 729 g/mol. The number of allylic oxidation sites excluding steroid dienone is 4. The summed E-state index contributed by atoms with van der Waals surface area (Å²) in [5.74, 6) is 0. The van der Waals surface area contributed by atoms with Crippen LogP contribution in [0.2, 0.25) is 0 Å². The van der Waals surface area contributed by atoms with E-state index in [0.717, 1.165) is 51.8 Å². The van der Waals surface area contributed by atoms with E-state index in [4.69, 9.17) is 4.42 Å². The van der Waals surface area contributed by atoms with E-state index in [1.165, 1.54) is 55.6 Å². The minimum atomic E-state index is -0.507. The maximum absolute atomic E-state index is 7.18. The van der Waals surface area contributed by atoms with E-state index >= 15 is 0 Å². The number of benzene rings is 8. The number of fused-ring (bicyclic) bond motifs is 6. The fourth-order valence-electron chi connectivity index (χ4n) is 9.42. The molecule has 2 aliphatic carbocycles. The maximum atomic E-state index is 7.18. The maximum Gasteiger partial charge on any atom is 0.140 e. The summed E-state index contributed by atoms with van der Waals surface area (Å²) in [6.45, 7) is 0. The Morgan fingerprint density at radius 2 is 0.947 bits per heavy atom. The molecule has 8 aromatic carbocycles. The van der Waals surface area contributed by atoms with E-state index in [2.05, 4.69) is 217 Å². The second-order valence-electron chi connectivity index (χ2n) is 15.1. The van der Waals surface area contributed by atoms with Crippen LogP contribution in [0.5, 0.6) is 0 Å². The summed E-state index contributed by atoms with van der Waals surface area (Å²) in [6, 6.07) is 70.2. The Bertz CT molecular complexity index is 2860. The molecule has 0 N–H and O–H groups in total. The van der Waals surface area contributed by atoms with Gasteiger partial charge in [0, 0.05) is 39.5 Å². The van der Waals surface area contributed by atoms with Gasteiger partial charge in [0.15, 0.2) is 0 Å². The van der Waals surface area contributed by atoms with E-state index in [9.17, 15) is 0 Å². The van der Waals surface area contributed by atoms with E-state index < -0.39 is 5.41 Å². The van der Waals surface area contributed by atoms with Gasteiger partial charge in [0.05, 0.1) is 5.41 Å². The van der Waals surface area contributed by atoms with Crippen molar-refractivity contribution in [3.63, 3.8) is 0 Å². The average Bonchev–Trinajstić information content (AvgIpc) is 3.82. The fraction of sp³-hybridized carbons (Fsp3) is 0.0545. The first kappa shape index (κ1) is 33.2. The van der Waals surface area contributed by atoms with E-state index in [1.807, 2.05) is 0 Å². The Morgan fingerprint density at radius 1 is 0.421 bits per heavy atom. The van der Waals surface area contributed by atoms with Gasteiger partial charge >= 0.3 is 0 Å². The van der Waals surface area contributed by atoms with Gasteiger partial charge in [0.2, 0.25) is 0 Å². The number of furan rings is 1. The van der Waals surface area contributed by atoms with E-state index in [1.54, 1.807) is 0 Å². The number of hydrogen-bond donors (Lipinski definition) is 0. The molecule has 2 aliphatic rings. The second-order valence-corrected chi connectivity index (χ2v) is 15.1. The predicted molar refractivity (Wildman–Crippen MR) is 237 cm³/mol. The van der Waals surface area contributed by atoms with Crippen molar-refractivity contribution in [1.29, 1.82) is 0 Å². The first-order valence-corrected chi connectivity index (χ1v) is 19.9. The van der Waals surface area contributed by atoms with Crippen LogP contribution in [0.3, 0.4) is 0 Å². The summed E-state index contributed by atoms with van der Waals surface area (Å²) in [6.07, 6.45) is 9.21. The first-order valence-electron chi connectivity index (χ1n) is 19.9. The number of anilines is 3. The first-order chi connectivity index (χ1) is 28.3. The molecule has 57 heavy (non-hydrogen) atoms. The average molecular weight is 730 g/mol. The van der Waals surface area contributed by atoms with Crippen LogP contribution in [-0.2, 0) is 5.41 Å². The summed E-state index contributed by atoms with van der Waals surface area (Å²) in [4.78, 5) is 2.33. The molecule has 0 spiro atoms. The molecule has 0 saturated heterocycles. The topological polar surface area (TPSA) is 16.4 Å². The van der Waals surface area contributed by atoms with E-state index in [0.29, 0.717) is 0 Å². The SMILES string of the molecule is C1=CC(C2(c3cccc4c3oc3cc(N(c5ccc(-c6ccccc6)cc5)c5ccc(-c6ccccc6)cc5)ccc34)c3ccccc3-c3ccccc32)=CCC1. The molecule has 1 aromatic heterocycles. The highest BCUT2D eigenvalue weighted by Gasteiger charge is 2.48. The Morgan fingerprint density at radius 3 is 1.53 bits per heavy atom. The molecule has 1 heterocycles. The predicted octanol–water partition coefficient (Wildman–Crippen LogP) is 15.0. The molecule has 0 saturated carbocycles. The zero-order chi connectivity index (χ0) is 37.8. The third kappa shape index (κ3) is 5.33. The molecule has 0 atom stereocenters. The van der Waals surface area contributed by atoms with Gasteiger partial charge in [-0.1, -0.05) is 170 Å². The summed E-state index contributed by atoms with van der Waals surface area (Å²) in [7, 11) is 0. The normalized spacial score (nSPS) is 14.0. The van der Waals surface area contributed by atoms with Gasteiger partial charge in [0.25, 0.3) is 0 Å². The van der Waals surface area contributed by atoms with Crippen molar-refractivity contribution in [2.45, 2.75) is 18.3 Å². The van der Waals surface area contributed by atoms with Crippen LogP contribution in [0.15, 0.2) is 222 Å². The Balaban J connectivity index is 1.09. The third-order valence-corrected chi connectivity index (χ3v) is 12.0. The van der Waals surface area contributed by atoms with Crippen LogP contribution in [0.1, 0.15) is 29.5 Å². The summed E-state index contributed by atoms with van der Waals surface area (Å²) in [5.41, 5.74) is 16.9. The lowest BCUT2D eigenvalue weighted by Gasteiger charge is -2.35. The Labute approximate surface area is 333 Å². The summed E-state index contributed by atoms with van der Waals surface area (Å²) >= 11 is 0. The smallest absolute Gasteiger partial charge is 0.140 e. The van der Waals surface area contributed by atoms with Crippen molar-refractivity contribution >= 4 is 39.0 Å². The van der Waals surface area contributed by atoms with Gasteiger partial charge in [-0.3, -0.25) is 0 Å². The Kier molecular flexibility index (Phi) is 7.89. The summed E-state index contributed by atoms with van der Waals surface area (Å²) in [5, 5.41) is 2.24. The molecule has 0 amide bonds. The minimum Gasteiger partial charge on any atom is -0.456 e. The highest BCUT2D eigenvalue weighted by atomic mass is 16.3. The van der Waals surface area contributed by atoms with Gasteiger partial charge in [-0.25, -0.2) is 0 Å². The van der Waals surface area contributed by atoms with Crippen LogP contribution in [0, 0.1) is 0 Å². The standard InChI is InChI=1S/C55H39NO/c1-4-15-38(16-5-1)40-27-31-43(32-28-40)56(44-33-29-41(30-34-44)39-17-6-2-7-18-39)45-35-36-48-49-23-14-26-52(54(49)57-53(48)37-45)55(42-19-8-3-9-20-42)50-24-12-10-21-46(50)47-22-11-13-25-51(47)55/h1-2,4-8,10-37H,3,9H2. The molecule has 0 unspecified atom stereocenters. The third-order valence-electron chi connectivity index (χ3n) is 12.0. The molecule has 11 rings (SSSR count). The van der Waals surface area contributed by atoms with Crippen molar-refractivity contribution in [2.24, 2.45) is 0 Å². The molecule has 2 nitrogen and oxygen atoms in total. The largest absolute Gasteiger partial charge is 0.456 e. The highest BCUT2D eigenvalue weighted by molar-refractivity contribution is 6.08. The van der Waals surface area contributed by atoms with Crippen LogP contribution in [0.4, 0.5) is 17.1 Å². The molecule has 270 valence electrons. The molecule has 0 radical (unpaired) electrons. The molecule has 0 fully saturated rings. The number of nitrogens with zero attached hydrogens (tertiary/aromatic N) is 1. The number of para-hydroxylation sites is 1. The van der Waals surface area contributed by atoms with Crippen molar-refractivity contribution in [2.75, 3.05) is 4.90 Å². The van der Waals surface area contributed by atoms with Crippen molar-refractivity contribution in [3.05, 3.63) is 235 Å². The molecular formula is C55H39NO. The molecule has 0 aliphatic heterocycles. The Hall–Kier alpha value is -7.16. The van der Waals surface area contributed by atoms with Gasteiger partial charge < -0.3 is 9.32 Å². The highest BCUT2D eigenvalue weighted by Crippen LogP contribution is 2.58. The van der Waals surface area contributed by atoms with Crippen molar-refractivity contribution < 1.29 is 4.42 Å². The van der Waals surface area contributed by atoms with Gasteiger partial charge in [-0.2, -0.15) is 0 Å². The molecule has 0 bridgehead atoms. The van der Waals surface area contributed by atoms with Crippen LogP contribution < -0.4 is 4.90 Å². The lowest BCUT2D eigenvalue weighted by atomic mass is 9.66. The fourth-order valence-corrected chi connectivity index (χ4v) is 9.42. The molecule has 9 aromatic rings. The second kappa shape index (κ2) is 13.5. The van der Waals surface area contributed by atoms with Crippen molar-refractivity contribution in [3.8, 4) is 33.4 Å². The van der Waals surface area contributed by atoms with Gasteiger partial charge in [0.1, 0.15) is 11.2 Å². The van der Waals surface area contributed by atoms with Gasteiger partial charge in [-0.05, 0) is 99.3 Å². The van der Waals surface area contributed by atoms with Crippen LogP contribution >= 0.6 is 0 Å². The zero-order valence-corrected chi connectivity index (χ0v) is 31.5. The summed E-state index contributed by atoms with van der Waals surface area (Å²) < 4.78 is 7.18. The van der Waals surface area contributed by atoms with E-state index in [-0.39, 0.29) is 0 Å². The molecular weight excluding hydrogens is 691 g/mol. The van der Waals surface area contributed by atoms with Crippen LogP contribution in [-0.4, -0.2) is 0 Å². The number of hydrogen-bond acceptors (Lipinski definition) is 2. The van der Waals surface area contributed by atoms with Crippen molar-refractivity contribution in [1.82, 2.24) is 0 Å². The zero-order valence-electron chi connectivity index (χ0n) is 31.5. The number of rotatable bonds is 7. The quantitative estimate of drug-likeness (QED) is 0.162. The molecule has 2 heteroatoms. The lowest BCUT2D eigenvalue weighted by molar-refractivity contribution is 0.646.